The predicted octanol–water partition coefficient (Wildman–Crippen LogP) is 5.53. The van der Waals surface area contributed by atoms with E-state index in [2.05, 4.69) is 50.3 Å². The van der Waals surface area contributed by atoms with Gasteiger partial charge in [-0.25, -0.2) is 0 Å². The van der Waals surface area contributed by atoms with Crippen LogP contribution >= 0.6 is 0 Å². The maximum atomic E-state index is 2.27. The van der Waals surface area contributed by atoms with E-state index in [4.69, 9.17) is 0 Å². The first-order valence-corrected chi connectivity index (χ1v) is 4.79. The van der Waals surface area contributed by atoms with Crippen LogP contribution in [0.15, 0.2) is 36.5 Å². The van der Waals surface area contributed by atoms with Crippen LogP contribution in [0.1, 0.15) is 54.4 Å². The molecule has 0 rings (SSSR count). The van der Waals surface area contributed by atoms with E-state index in [1.165, 1.54) is 25.7 Å². The van der Waals surface area contributed by atoms with E-state index in [0.717, 1.165) is 0 Å². The van der Waals surface area contributed by atoms with Crippen LogP contribution in [0.3, 0.4) is 0 Å². The summed E-state index contributed by atoms with van der Waals surface area (Å²) in [7, 11) is 0. The number of hydrogen-bond acceptors (Lipinski definition) is 0. The molecular weight excluding hydrogens is 168 g/mol. The molecule has 0 aliphatic rings. The molecule has 0 N–H and O–H groups in total. The molecule has 0 radical (unpaired) electrons. The molecule has 0 aliphatic carbocycles. The van der Waals surface area contributed by atoms with E-state index in [-0.39, 0.29) is 14.9 Å². The van der Waals surface area contributed by atoms with Crippen LogP contribution < -0.4 is 0 Å². The van der Waals surface area contributed by atoms with Gasteiger partial charge in [0, 0.05) is 0 Å². The average molecular weight is 196 g/mol. The Hall–Kier alpha value is -0.780. The van der Waals surface area contributed by atoms with E-state index >= 15 is 0 Å². The molecule has 0 heterocycles. The summed E-state index contributed by atoms with van der Waals surface area (Å²) in [5, 5.41) is 0. The Morgan fingerprint density at radius 3 is 1.14 bits per heavy atom. The minimum absolute atomic E-state index is 0. The highest BCUT2D eigenvalue weighted by atomic mass is 13.8. The Labute approximate surface area is 91.4 Å². The smallest absolute Gasteiger partial charge is 0.0316 e. The first-order chi connectivity index (χ1) is 5.91. The van der Waals surface area contributed by atoms with Gasteiger partial charge in [0.15, 0.2) is 0 Å². The highest BCUT2D eigenvalue weighted by Gasteiger charge is 1.76. The molecule has 0 aromatic carbocycles. The lowest BCUT2D eigenvalue weighted by molar-refractivity contribution is 1.00. The molecule has 84 valence electrons. The molecule has 0 aromatic heterocycles. The quantitative estimate of drug-likeness (QED) is 0.387. The van der Waals surface area contributed by atoms with Crippen molar-refractivity contribution in [2.24, 2.45) is 0 Å². The molecule has 0 aromatic rings. The van der Waals surface area contributed by atoms with Crippen LogP contribution in [0, 0.1) is 0 Å². The van der Waals surface area contributed by atoms with Crippen LogP contribution in [0.5, 0.6) is 0 Å². The van der Waals surface area contributed by atoms with E-state index < -0.39 is 0 Å². The minimum Gasteiger partial charge on any atom is -0.0917 e. The molecule has 0 fully saturated rings. The van der Waals surface area contributed by atoms with Crippen molar-refractivity contribution < 1.29 is 0 Å². The van der Waals surface area contributed by atoms with E-state index in [1.807, 2.05) is 0 Å². The van der Waals surface area contributed by atoms with Gasteiger partial charge >= 0.3 is 0 Å². The first kappa shape index (κ1) is 18.9. The minimum atomic E-state index is 0. The number of unbranched alkanes of at least 4 members (excludes halogenated alkanes) is 2. The lowest BCUT2D eigenvalue weighted by Gasteiger charge is -1.87. The van der Waals surface area contributed by atoms with Crippen LogP contribution in [0.25, 0.3) is 0 Å². The van der Waals surface area contributed by atoms with Crippen molar-refractivity contribution in [3.63, 3.8) is 0 Å². The summed E-state index contributed by atoms with van der Waals surface area (Å²) in [5.41, 5.74) is 0. The summed E-state index contributed by atoms with van der Waals surface area (Å²) in [4.78, 5) is 0. The van der Waals surface area contributed by atoms with Crippen molar-refractivity contribution in [3.05, 3.63) is 36.5 Å². The molecule has 0 nitrogen and oxygen atoms in total. The third-order valence-corrected chi connectivity index (χ3v) is 1.64. The van der Waals surface area contributed by atoms with Gasteiger partial charge in [-0.05, 0) is 39.5 Å². The third kappa shape index (κ3) is 17.3. The fraction of sp³-hybridized carbons (Fsp3) is 0.571. The van der Waals surface area contributed by atoms with Crippen molar-refractivity contribution in [2.75, 3.05) is 0 Å². The second-order valence-electron chi connectivity index (χ2n) is 2.76. The first-order valence-electron chi connectivity index (χ1n) is 4.79. The van der Waals surface area contributed by atoms with E-state index in [9.17, 15) is 0 Å². The summed E-state index contributed by atoms with van der Waals surface area (Å²) in [6, 6.07) is 0. The third-order valence-electron chi connectivity index (χ3n) is 1.64. The van der Waals surface area contributed by atoms with Gasteiger partial charge in [-0.15, -0.1) is 0 Å². The topological polar surface area (TPSA) is 0 Å². The Morgan fingerprint density at radius 1 is 0.571 bits per heavy atom. The molecule has 0 bridgehead atoms. The molecule has 0 heteroatoms. The summed E-state index contributed by atoms with van der Waals surface area (Å²) >= 11 is 0. The monoisotopic (exact) mass is 196 g/mol. The largest absolute Gasteiger partial charge is 0.0917 e. The number of allylic oxidation sites excluding steroid dienone is 6. The van der Waals surface area contributed by atoms with Crippen molar-refractivity contribution >= 4 is 0 Å². The molecule has 0 unspecified atom stereocenters. The summed E-state index contributed by atoms with van der Waals surface area (Å²) < 4.78 is 0. The summed E-state index contributed by atoms with van der Waals surface area (Å²) in [6.07, 6.45) is 17.9. The fourth-order valence-electron chi connectivity index (χ4n) is 0.954. The second-order valence-corrected chi connectivity index (χ2v) is 2.76. The van der Waals surface area contributed by atoms with Crippen molar-refractivity contribution in [1.29, 1.82) is 0 Å². The van der Waals surface area contributed by atoms with Gasteiger partial charge in [0.05, 0.1) is 0 Å². The molecule has 0 atom stereocenters. The van der Waals surface area contributed by atoms with E-state index in [1.54, 1.807) is 0 Å². The van der Waals surface area contributed by atoms with Gasteiger partial charge in [0.2, 0.25) is 0 Å². The van der Waals surface area contributed by atoms with Crippen molar-refractivity contribution in [2.45, 2.75) is 54.4 Å². The van der Waals surface area contributed by atoms with Gasteiger partial charge < -0.3 is 0 Å². The number of hydrogen-bond donors (Lipinski definition) is 0. The lowest BCUT2D eigenvalue weighted by atomic mass is 10.2. The van der Waals surface area contributed by atoms with Gasteiger partial charge in [0.1, 0.15) is 0 Å². The highest BCUT2D eigenvalue weighted by Crippen LogP contribution is 1.97. The normalized spacial score (nSPS) is 10.7. The molecule has 14 heavy (non-hydrogen) atoms. The molecule has 0 spiro atoms. The molecule has 0 aliphatic heterocycles. The fourth-order valence-corrected chi connectivity index (χ4v) is 0.954. The van der Waals surface area contributed by atoms with Crippen molar-refractivity contribution in [3.8, 4) is 0 Å². The standard InChI is InChI=1S/C12H20.2CH4/c1-3-5-7-9-11-12-10-8-6-4-2;;/h3-6,11-12H,7-10H2,1-2H3;2*1H4. The van der Waals surface area contributed by atoms with Crippen LogP contribution in [0.4, 0.5) is 0 Å². The average Bonchev–Trinajstić information content (AvgIpc) is 2.10. The molecule has 0 saturated heterocycles. The SMILES string of the molecule is C.C.CC=CCCC=CCCC=CC. The molecular formula is C14H28. The van der Waals surface area contributed by atoms with Crippen molar-refractivity contribution in [1.82, 2.24) is 0 Å². The van der Waals surface area contributed by atoms with Crippen LogP contribution in [-0.2, 0) is 0 Å². The van der Waals surface area contributed by atoms with Gasteiger partial charge in [-0.3, -0.25) is 0 Å². The maximum Gasteiger partial charge on any atom is -0.0316 e. The van der Waals surface area contributed by atoms with Gasteiger partial charge in [-0.2, -0.15) is 0 Å². The zero-order valence-electron chi connectivity index (χ0n) is 8.29. The Kier molecular flexibility index (Phi) is 24.4. The van der Waals surface area contributed by atoms with E-state index in [0.29, 0.717) is 0 Å². The second kappa shape index (κ2) is 18.1. The zero-order valence-corrected chi connectivity index (χ0v) is 8.29. The Balaban J connectivity index is -0.000000605. The highest BCUT2D eigenvalue weighted by molar-refractivity contribution is 4.88. The molecule has 0 saturated carbocycles. The predicted molar refractivity (Wildman–Crippen MR) is 70.7 cm³/mol. The van der Waals surface area contributed by atoms with Gasteiger partial charge in [-0.1, -0.05) is 51.3 Å². The Bertz CT molecular complexity index is 131. The number of rotatable bonds is 6. The lowest BCUT2D eigenvalue weighted by Crippen LogP contribution is -1.66. The maximum absolute atomic E-state index is 2.27. The van der Waals surface area contributed by atoms with Crippen LogP contribution in [-0.4, -0.2) is 0 Å². The summed E-state index contributed by atoms with van der Waals surface area (Å²) in [5.74, 6) is 0. The Morgan fingerprint density at radius 2 is 0.857 bits per heavy atom. The summed E-state index contributed by atoms with van der Waals surface area (Å²) in [6.45, 7) is 4.13. The molecule has 0 amide bonds. The van der Waals surface area contributed by atoms with Gasteiger partial charge in [0.25, 0.3) is 0 Å². The zero-order chi connectivity index (χ0) is 9.07. The van der Waals surface area contributed by atoms with Crippen LogP contribution in [0.2, 0.25) is 0 Å².